The maximum absolute atomic E-state index is 11.5. The van der Waals surface area contributed by atoms with Crippen molar-refractivity contribution in [3.8, 4) is 0 Å². The zero-order valence-corrected chi connectivity index (χ0v) is 7.95. The molecule has 0 unspecified atom stereocenters. The molecule has 0 radical (unpaired) electrons. The first-order valence-electron chi connectivity index (χ1n) is 4.58. The van der Waals surface area contributed by atoms with Crippen molar-refractivity contribution in [2.75, 3.05) is 5.73 Å². The van der Waals surface area contributed by atoms with Crippen LogP contribution < -0.4 is 11.3 Å². The van der Waals surface area contributed by atoms with Gasteiger partial charge in [0.1, 0.15) is 5.82 Å². The second-order valence-corrected chi connectivity index (χ2v) is 3.24. The summed E-state index contributed by atoms with van der Waals surface area (Å²) in [4.78, 5) is 15.8. The van der Waals surface area contributed by atoms with Gasteiger partial charge in [0.15, 0.2) is 5.65 Å². The molecule has 74 valence electrons. The fourth-order valence-corrected chi connectivity index (χ4v) is 1.44. The molecule has 0 saturated heterocycles. The summed E-state index contributed by atoms with van der Waals surface area (Å²) in [6, 6.07) is 3.19. The highest BCUT2D eigenvalue weighted by molar-refractivity contribution is 5.47. The number of fused-ring (bicyclic) bond motifs is 1. The summed E-state index contributed by atoms with van der Waals surface area (Å²) in [5.41, 5.74) is 6.81. The summed E-state index contributed by atoms with van der Waals surface area (Å²) in [5.74, 6) is 0.447. The van der Waals surface area contributed by atoms with Crippen molar-refractivity contribution in [3.05, 3.63) is 28.2 Å². The van der Waals surface area contributed by atoms with Crippen molar-refractivity contribution in [1.82, 2.24) is 14.6 Å². The predicted octanol–water partition coefficient (Wildman–Crippen LogP) is 0.557. The first-order chi connectivity index (χ1) is 6.70. The number of aromatic nitrogens is 3. The number of nitrogen functional groups attached to an aromatic ring is 1. The molecule has 0 bridgehead atoms. The van der Waals surface area contributed by atoms with Crippen molar-refractivity contribution < 1.29 is 0 Å². The van der Waals surface area contributed by atoms with Crippen LogP contribution in [0, 0.1) is 0 Å². The Morgan fingerprint density at radius 2 is 2.36 bits per heavy atom. The lowest BCUT2D eigenvalue weighted by Crippen LogP contribution is -2.15. The molecule has 2 aromatic rings. The van der Waals surface area contributed by atoms with Crippen LogP contribution in [0.3, 0.4) is 0 Å². The van der Waals surface area contributed by atoms with Crippen LogP contribution in [-0.4, -0.2) is 14.6 Å². The quantitative estimate of drug-likeness (QED) is 0.729. The molecule has 0 saturated carbocycles. The van der Waals surface area contributed by atoms with Gasteiger partial charge < -0.3 is 5.73 Å². The van der Waals surface area contributed by atoms with Gasteiger partial charge in [0.2, 0.25) is 0 Å². The van der Waals surface area contributed by atoms with Crippen molar-refractivity contribution in [2.45, 2.75) is 19.8 Å². The minimum Gasteiger partial charge on any atom is -0.384 e. The van der Waals surface area contributed by atoms with E-state index in [9.17, 15) is 4.79 Å². The van der Waals surface area contributed by atoms with Crippen molar-refractivity contribution in [3.63, 3.8) is 0 Å². The maximum Gasteiger partial charge on any atom is 0.272 e. The Kier molecular flexibility index (Phi) is 1.99. The maximum atomic E-state index is 11.5. The number of nitrogens with one attached hydrogen (secondary N) is 1. The second-order valence-electron chi connectivity index (χ2n) is 3.24. The lowest BCUT2D eigenvalue weighted by molar-refractivity contribution is 0.841. The molecular weight excluding hydrogens is 180 g/mol. The topological polar surface area (TPSA) is 76.2 Å². The second kappa shape index (κ2) is 3.17. The van der Waals surface area contributed by atoms with E-state index in [1.807, 2.05) is 0 Å². The van der Waals surface area contributed by atoms with Crippen LogP contribution in [0.2, 0.25) is 0 Å². The van der Waals surface area contributed by atoms with E-state index in [4.69, 9.17) is 5.73 Å². The standard InChI is InChI=1S/C9H12N4O/c1-2-3-6-4-9(14)13-8(11-6)5-7(10)12-13/h4-5,12H,2-3,10H2,1H3. The van der Waals surface area contributed by atoms with Gasteiger partial charge in [0.25, 0.3) is 5.56 Å². The molecule has 0 aromatic carbocycles. The Labute approximate surface area is 80.6 Å². The molecule has 3 N–H and O–H groups in total. The first kappa shape index (κ1) is 8.80. The Bertz CT molecular complexity index is 511. The Balaban J connectivity index is 2.65. The third-order valence-electron chi connectivity index (χ3n) is 2.03. The van der Waals surface area contributed by atoms with E-state index < -0.39 is 0 Å². The molecule has 0 aliphatic carbocycles. The van der Waals surface area contributed by atoms with Crippen LogP contribution in [0.5, 0.6) is 0 Å². The number of aryl methyl sites for hydroxylation is 1. The van der Waals surface area contributed by atoms with Crippen LogP contribution in [0.15, 0.2) is 16.9 Å². The van der Waals surface area contributed by atoms with Gasteiger partial charge in [-0.2, -0.15) is 4.52 Å². The fraction of sp³-hybridized carbons (Fsp3) is 0.333. The van der Waals surface area contributed by atoms with Gasteiger partial charge in [0, 0.05) is 17.8 Å². The summed E-state index contributed by atoms with van der Waals surface area (Å²) in [6.45, 7) is 2.05. The van der Waals surface area contributed by atoms with E-state index in [0.717, 1.165) is 18.5 Å². The molecule has 0 aliphatic rings. The Morgan fingerprint density at radius 1 is 1.57 bits per heavy atom. The smallest absolute Gasteiger partial charge is 0.272 e. The van der Waals surface area contributed by atoms with E-state index >= 15 is 0 Å². The van der Waals surface area contributed by atoms with E-state index in [-0.39, 0.29) is 5.56 Å². The van der Waals surface area contributed by atoms with Crippen LogP contribution in [0.4, 0.5) is 5.82 Å². The number of nitrogens with zero attached hydrogens (tertiary/aromatic N) is 2. The summed E-state index contributed by atoms with van der Waals surface area (Å²) < 4.78 is 1.34. The monoisotopic (exact) mass is 192 g/mol. The van der Waals surface area contributed by atoms with Gasteiger partial charge in [-0.15, -0.1) is 0 Å². The molecule has 2 aromatic heterocycles. The largest absolute Gasteiger partial charge is 0.384 e. The van der Waals surface area contributed by atoms with E-state index in [2.05, 4.69) is 17.0 Å². The molecule has 0 amide bonds. The first-order valence-corrected chi connectivity index (χ1v) is 4.58. The van der Waals surface area contributed by atoms with Crippen LogP contribution in [0.1, 0.15) is 19.0 Å². The zero-order valence-electron chi connectivity index (χ0n) is 7.95. The van der Waals surface area contributed by atoms with Crippen molar-refractivity contribution in [2.24, 2.45) is 0 Å². The minimum absolute atomic E-state index is 0.116. The highest BCUT2D eigenvalue weighted by atomic mass is 16.1. The summed E-state index contributed by atoms with van der Waals surface area (Å²) >= 11 is 0. The third kappa shape index (κ3) is 1.37. The molecule has 0 spiro atoms. The number of hydrogen-bond acceptors (Lipinski definition) is 3. The molecule has 2 rings (SSSR count). The molecule has 0 atom stereocenters. The molecule has 5 heteroatoms. The lowest BCUT2D eigenvalue weighted by Gasteiger charge is -1.97. The number of hydrogen-bond donors (Lipinski definition) is 2. The minimum atomic E-state index is -0.116. The number of nitrogens with two attached hydrogens (primary N) is 1. The van der Waals surface area contributed by atoms with Gasteiger partial charge in [-0.25, -0.2) is 4.98 Å². The van der Waals surface area contributed by atoms with Gasteiger partial charge in [-0.1, -0.05) is 13.3 Å². The average molecular weight is 192 g/mol. The number of anilines is 1. The highest BCUT2D eigenvalue weighted by Gasteiger charge is 2.03. The molecular formula is C9H12N4O. The van der Waals surface area contributed by atoms with Crippen LogP contribution in [-0.2, 0) is 6.42 Å². The van der Waals surface area contributed by atoms with Gasteiger partial charge in [-0.3, -0.25) is 9.89 Å². The normalized spacial score (nSPS) is 10.9. The van der Waals surface area contributed by atoms with E-state index in [0.29, 0.717) is 11.5 Å². The van der Waals surface area contributed by atoms with Gasteiger partial charge >= 0.3 is 0 Å². The Morgan fingerprint density at radius 3 is 3.07 bits per heavy atom. The van der Waals surface area contributed by atoms with Crippen molar-refractivity contribution >= 4 is 11.5 Å². The van der Waals surface area contributed by atoms with Crippen LogP contribution >= 0.6 is 0 Å². The molecule has 14 heavy (non-hydrogen) atoms. The van der Waals surface area contributed by atoms with E-state index in [1.165, 1.54) is 10.6 Å². The summed E-state index contributed by atoms with van der Waals surface area (Å²) in [7, 11) is 0. The summed E-state index contributed by atoms with van der Waals surface area (Å²) in [6.07, 6.45) is 1.79. The van der Waals surface area contributed by atoms with Gasteiger partial charge in [-0.05, 0) is 6.42 Å². The lowest BCUT2D eigenvalue weighted by atomic mass is 10.2. The van der Waals surface area contributed by atoms with Crippen LogP contribution in [0.25, 0.3) is 5.65 Å². The predicted molar refractivity (Wildman–Crippen MR) is 54.2 cm³/mol. The molecule has 5 nitrogen and oxygen atoms in total. The SMILES string of the molecule is CCCc1cc(=O)n2[nH]c(N)cc2n1. The van der Waals surface area contributed by atoms with Crippen molar-refractivity contribution in [1.29, 1.82) is 0 Å². The molecule has 0 aliphatic heterocycles. The molecule has 0 fully saturated rings. The van der Waals surface area contributed by atoms with Gasteiger partial charge in [0.05, 0.1) is 0 Å². The number of rotatable bonds is 2. The fourth-order valence-electron chi connectivity index (χ4n) is 1.44. The average Bonchev–Trinajstić information content (AvgIpc) is 2.47. The summed E-state index contributed by atoms with van der Waals surface area (Å²) in [5, 5.41) is 2.72. The van der Waals surface area contributed by atoms with E-state index in [1.54, 1.807) is 6.07 Å². The molecule has 2 heterocycles. The third-order valence-corrected chi connectivity index (χ3v) is 2.03. The highest BCUT2D eigenvalue weighted by Crippen LogP contribution is 2.04. The number of H-pyrrole nitrogens is 1. The zero-order chi connectivity index (χ0) is 10.1. The number of aromatic amines is 1. The Hall–Kier alpha value is -1.78.